The number of halogens is 1. The lowest BCUT2D eigenvalue weighted by atomic mass is 11.4. The van der Waals surface area contributed by atoms with Crippen LogP contribution in [-0.4, -0.2) is 29.1 Å². The Bertz CT molecular complexity index is 167. The molecule has 0 aromatic carbocycles. The van der Waals surface area contributed by atoms with Crippen LogP contribution in [-0.2, 0) is 10.4 Å². The zero-order valence-corrected chi connectivity index (χ0v) is 7.99. The predicted molar refractivity (Wildman–Crippen MR) is 46.9 cm³/mol. The fourth-order valence-corrected chi connectivity index (χ4v) is 0. The van der Waals surface area contributed by atoms with Crippen molar-refractivity contribution in [3.8, 4) is 0 Å². The Labute approximate surface area is 75.2 Å². The van der Waals surface area contributed by atoms with E-state index in [0.29, 0.717) is 0 Å². The molecule has 0 radical (unpaired) electrons. The third kappa shape index (κ3) is 1590000. The highest BCUT2D eigenvalue weighted by Gasteiger charge is 1.84. The van der Waals surface area contributed by atoms with Gasteiger partial charge in [0.1, 0.15) is 5.17 Å². The molecule has 9 heteroatoms. The molecule has 0 unspecified atom stereocenters. The van der Waals surface area contributed by atoms with Crippen LogP contribution in [0.25, 0.3) is 0 Å². The van der Waals surface area contributed by atoms with Crippen molar-refractivity contribution in [2.75, 3.05) is 6.38 Å². The van der Waals surface area contributed by atoms with Crippen molar-refractivity contribution in [3.05, 3.63) is 0 Å². The molecule has 0 fully saturated rings. The van der Waals surface area contributed by atoms with E-state index < -0.39 is 10.4 Å². The number of thiol groups is 1. The highest BCUT2D eigenvalue weighted by Crippen LogP contribution is 1.59. The first-order valence-corrected chi connectivity index (χ1v) is 4.44. The van der Waals surface area contributed by atoms with Gasteiger partial charge in [-0.15, -0.1) is 24.2 Å². The maximum absolute atomic E-state index is 8.74. The molecule has 0 spiro atoms. The van der Waals surface area contributed by atoms with E-state index >= 15 is 0 Å². The third-order valence-corrected chi connectivity index (χ3v) is 0. The Hall–Kier alpha value is -0.0200. The van der Waals surface area contributed by atoms with Crippen LogP contribution >= 0.6 is 24.2 Å². The Kier molecular flexibility index (Phi) is 15.6. The Balaban J connectivity index is -0.0000000965. The van der Waals surface area contributed by atoms with Gasteiger partial charge in [-0.2, -0.15) is 8.42 Å². The van der Waals surface area contributed by atoms with Crippen LogP contribution in [0.15, 0.2) is 0 Å². The van der Waals surface area contributed by atoms with Crippen molar-refractivity contribution in [3.63, 3.8) is 0 Å². The minimum absolute atomic E-state index is 0.139. The molecule has 0 aromatic heterocycles. The van der Waals surface area contributed by atoms with E-state index in [2.05, 4.69) is 30.0 Å². The molecule has 0 atom stereocenters. The fourth-order valence-electron chi connectivity index (χ4n) is 0. The summed E-state index contributed by atoms with van der Waals surface area (Å²) in [4.78, 5) is 0. The quantitative estimate of drug-likeness (QED) is 0.130. The molecule has 5 N–H and O–H groups in total. The molecule has 0 amide bonds. The van der Waals surface area contributed by atoms with E-state index in [4.69, 9.17) is 22.9 Å². The zero-order chi connectivity index (χ0) is 10.1. The lowest BCUT2D eigenvalue weighted by molar-refractivity contribution is 0.381. The molecule has 0 aliphatic rings. The van der Waals surface area contributed by atoms with Crippen LogP contribution < -0.4 is 5.73 Å². The number of rotatable bonds is 0. The van der Waals surface area contributed by atoms with Gasteiger partial charge in [0.15, 0.2) is 0 Å². The van der Waals surface area contributed by atoms with E-state index in [1.54, 1.807) is 0 Å². The van der Waals surface area contributed by atoms with Gasteiger partial charge in [-0.3, -0.25) is 14.5 Å². The summed E-state index contributed by atoms with van der Waals surface area (Å²) in [5.41, 5.74) is 4.56. The Morgan fingerprint density at radius 2 is 1.55 bits per heavy atom. The molecular weight excluding hydrogens is 216 g/mol. The minimum atomic E-state index is -4.67. The number of hydrogen-bond donors (Lipinski definition) is 5. The summed E-state index contributed by atoms with van der Waals surface area (Å²) < 4.78 is 31.6. The third-order valence-electron chi connectivity index (χ3n) is 0. The average molecular weight is 225 g/mol. The normalized spacial score (nSPS) is 8.09. The largest absolute Gasteiger partial charge is 0.394 e. The summed E-state index contributed by atoms with van der Waals surface area (Å²) in [7, 11) is -4.67. The Morgan fingerprint density at radius 1 is 1.55 bits per heavy atom. The SMILES string of the molecule is CCl.N=C(N)S.O=S(=O)(O)O. The number of nitrogens with two attached hydrogens (primary N) is 1. The number of amidine groups is 1. The number of alkyl halides is 1. The van der Waals surface area contributed by atoms with Crippen molar-refractivity contribution in [1.82, 2.24) is 0 Å². The second-order valence-corrected chi connectivity index (χ2v) is 2.21. The van der Waals surface area contributed by atoms with Crippen LogP contribution in [0.4, 0.5) is 0 Å². The standard InChI is InChI=1S/CH3Cl.CH4N2S.H2O4S/c1-2;2-1(3)4;1-5(2,3)4/h1H3;(H4,2,3,4);(H2,1,2,3,4). The summed E-state index contributed by atoms with van der Waals surface area (Å²) in [6, 6.07) is 0. The molecule has 0 aliphatic heterocycles. The second-order valence-electron chi connectivity index (χ2n) is 0.833. The maximum atomic E-state index is 8.74. The smallest absolute Gasteiger partial charge is 0.379 e. The summed E-state index contributed by atoms with van der Waals surface area (Å²) >= 11 is 7.97. The van der Waals surface area contributed by atoms with E-state index in [0.717, 1.165) is 0 Å². The molecule has 6 nitrogen and oxygen atoms in total. The van der Waals surface area contributed by atoms with Crippen molar-refractivity contribution in [1.29, 1.82) is 5.41 Å². The van der Waals surface area contributed by atoms with Crippen LogP contribution in [0, 0.1) is 5.41 Å². The maximum Gasteiger partial charge on any atom is 0.394 e. The van der Waals surface area contributed by atoms with Crippen molar-refractivity contribution < 1.29 is 17.5 Å². The van der Waals surface area contributed by atoms with E-state index in [9.17, 15) is 0 Å². The molecule has 0 bridgehead atoms. The van der Waals surface area contributed by atoms with E-state index in [1.807, 2.05) is 0 Å². The second kappa shape index (κ2) is 9.98. The van der Waals surface area contributed by atoms with Gasteiger partial charge in [-0.1, -0.05) is 0 Å². The number of hydrogen-bond acceptors (Lipinski definition) is 3. The molecule has 0 aliphatic carbocycles. The minimum Gasteiger partial charge on any atom is -0.379 e. The van der Waals surface area contributed by atoms with E-state index in [-0.39, 0.29) is 5.17 Å². The molecule has 0 saturated carbocycles. The Morgan fingerprint density at radius 3 is 1.55 bits per heavy atom. The fraction of sp³-hybridized carbons (Fsp3) is 0.500. The van der Waals surface area contributed by atoms with Gasteiger partial charge >= 0.3 is 10.4 Å². The van der Waals surface area contributed by atoms with E-state index in [1.165, 1.54) is 6.38 Å². The average Bonchev–Trinajstić information content (AvgIpc) is 1.63. The van der Waals surface area contributed by atoms with Crippen LogP contribution in [0.2, 0.25) is 0 Å². The topological polar surface area (TPSA) is 124 Å². The van der Waals surface area contributed by atoms with Gasteiger partial charge in [0, 0.05) is 6.38 Å². The summed E-state index contributed by atoms with van der Waals surface area (Å²) in [6.07, 6.45) is 1.47. The summed E-state index contributed by atoms with van der Waals surface area (Å²) in [5.74, 6) is 0. The highest BCUT2D eigenvalue weighted by atomic mass is 35.5. The highest BCUT2D eigenvalue weighted by molar-refractivity contribution is 7.96. The van der Waals surface area contributed by atoms with Gasteiger partial charge in [0.05, 0.1) is 0 Å². The van der Waals surface area contributed by atoms with Gasteiger partial charge in [0.25, 0.3) is 0 Å². The molecule has 0 aromatic rings. The first kappa shape index (κ1) is 17.2. The lowest BCUT2D eigenvalue weighted by Crippen LogP contribution is -1.96. The molecular formula is C2H9ClN2O4S2. The van der Waals surface area contributed by atoms with Crippen LogP contribution in [0.5, 0.6) is 0 Å². The molecule has 11 heavy (non-hydrogen) atoms. The summed E-state index contributed by atoms with van der Waals surface area (Å²) in [5, 5.41) is 6.00. The van der Waals surface area contributed by atoms with Crippen molar-refractivity contribution >= 4 is 39.8 Å². The van der Waals surface area contributed by atoms with Crippen molar-refractivity contribution in [2.24, 2.45) is 5.73 Å². The van der Waals surface area contributed by atoms with Crippen LogP contribution in [0.1, 0.15) is 0 Å². The molecule has 0 saturated heterocycles. The van der Waals surface area contributed by atoms with Crippen LogP contribution in [0.3, 0.4) is 0 Å². The van der Waals surface area contributed by atoms with Gasteiger partial charge in [-0.05, 0) is 0 Å². The monoisotopic (exact) mass is 224 g/mol. The first-order chi connectivity index (χ1) is 4.73. The lowest BCUT2D eigenvalue weighted by Gasteiger charge is -1.68. The summed E-state index contributed by atoms with van der Waals surface area (Å²) in [6.45, 7) is 0. The molecule has 0 rings (SSSR count). The predicted octanol–water partition coefficient (Wildman–Crippen LogP) is 0.0119. The molecule has 0 heterocycles. The van der Waals surface area contributed by atoms with Gasteiger partial charge < -0.3 is 5.73 Å². The number of nitrogens with one attached hydrogen (secondary N) is 1. The van der Waals surface area contributed by atoms with Gasteiger partial charge in [-0.25, -0.2) is 0 Å². The zero-order valence-electron chi connectivity index (χ0n) is 5.52. The molecule has 70 valence electrons. The first-order valence-electron chi connectivity index (χ1n) is 1.84. The van der Waals surface area contributed by atoms with Gasteiger partial charge in [0.2, 0.25) is 0 Å². The van der Waals surface area contributed by atoms with Crippen molar-refractivity contribution in [2.45, 2.75) is 0 Å².